The van der Waals surface area contributed by atoms with Crippen LogP contribution in [-0.2, 0) is 0 Å². The van der Waals surface area contributed by atoms with Gasteiger partial charge in [-0.25, -0.2) is 4.98 Å². The second kappa shape index (κ2) is 5.49. The Hall–Kier alpha value is -2.47. The average molecular weight is 288 g/mol. The van der Waals surface area contributed by atoms with Crippen molar-refractivity contribution in [3.05, 3.63) is 30.3 Å². The molecule has 0 radical (unpaired) electrons. The summed E-state index contributed by atoms with van der Waals surface area (Å²) >= 11 is 0. The Balaban J connectivity index is 2.07. The molecule has 0 aliphatic carbocycles. The number of fused-ring (bicyclic) bond motifs is 1. The second-order valence-electron chi connectivity index (χ2n) is 4.66. The number of rotatable bonds is 3. The first-order valence-corrected chi connectivity index (χ1v) is 6.57. The molecule has 0 saturated carbocycles. The fourth-order valence-electron chi connectivity index (χ4n) is 2.19. The maximum absolute atomic E-state index is 9.24. The van der Waals surface area contributed by atoms with E-state index in [0.717, 1.165) is 5.56 Å². The molecular weight excluding hydrogens is 272 g/mol. The number of hydrogen-bond acceptors (Lipinski definition) is 6. The van der Waals surface area contributed by atoms with Crippen molar-refractivity contribution in [2.45, 2.75) is 6.10 Å². The number of nitrogens with zero attached hydrogens (tertiary/aromatic N) is 1. The molecule has 21 heavy (non-hydrogen) atoms. The topological polar surface area (TPSA) is 86.8 Å². The fraction of sp³-hybridized carbons (Fsp3) is 0.267. The van der Waals surface area contributed by atoms with Crippen LogP contribution in [0.15, 0.2) is 30.3 Å². The van der Waals surface area contributed by atoms with Gasteiger partial charge in [0, 0.05) is 5.56 Å². The van der Waals surface area contributed by atoms with E-state index in [4.69, 9.17) is 19.9 Å². The maximum atomic E-state index is 9.24. The number of aliphatic hydroxyl groups excluding tert-OH is 1. The number of nitrogens with two attached hydrogens (primary N) is 1. The van der Waals surface area contributed by atoms with Gasteiger partial charge in [0.2, 0.25) is 5.88 Å². The summed E-state index contributed by atoms with van der Waals surface area (Å²) in [5.41, 5.74) is 7.69. The summed E-state index contributed by atoms with van der Waals surface area (Å²) < 4.78 is 16.5. The first-order chi connectivity index (χ1) is 10.2. The molecule has 0 amide bonds. The van der Waals surface area contributed by atoms with Crippen LogP contribution in [0.5, 0.6) is 17.4 Å². The van der Waals surface area contributed by atoms with Crippen LogP contribution in [0.25, 0.3) is 11.3 Å². The van der Waals surface area contributed by atoms with Gasteiger partial charge in [-0.15, -0.1) is 0 Å². The van der Waals surface area contributed by atoms with Crippen molar-refractivity contribution in [3.63, 3.8) is 0 Å². The van der Waals surface area contributed by atoms with E-state index < -0.39 is 0 Å². The lowest BCUT2D eigenvalue weighted by atomic mass is 10.1. The second-order valence-corrected chi connectivity index (χ2v) is 4.66. The minimum absolute atomic E-state index is 0.105. The third-order valence-electron chi connectivity index (χ3n) is 3.25. The molecule has 110 valence electrons. The number of para-hydroxylation sites is 1. The van der Waals surface area contributed by atoms with Crippen molar-refractivity contribution in [3.8, 4) is 28.6 Å². The number of hydrogen-bond donors (Lipinski definition) is 2. The Morgan fingerprint density at radius 3 is 3.00 bits per heavy atom. The molecule has 3 N–H and O–H groups in total. The summed E-state index contributed by atoms with van der Waals surface area (Å²) in [6.45, 7) is 0.220. The van der Waals surface area contributed by atoms with Gasteiger partial charge in [0.05, 0.1) is 25.1 Å². The van der Waals surface area contributed by atoms with Crippen molar-refractivity contribution in [2.75, 3.05) is 26.1 Å². The third-order valence-corrected chi connectivity index (χ3v) is 3.25. The molecule has 1 atom stereocenters. The average Bonchev–Trinajstić information content (AvgIpc) is 2.54. The predicted octanol–water partition coefficient (Wildman–Crippen LogP) is 1.47. The summed E-state index contributed by atoms with van der Waals surface area (Å²) in [7, 11) is 1.52. The van der Waals surface area contributed by atoms with E-state index in [9.17, 15) is 5.11 Å². The van der Waals surface area contributed by atoms with E-state index >= 15 is 0 Å². The molecular formula is C15H16N2O4. The summed E-state index contributed by atoms with van der Waals surface area (Å²) in [5, 5.41) is 9.24. The van der Waals surface area contributed by atoms with E-state index in [1.165, 1.54) is 7.11 Å². The van der Waals surface area contributed by atoms with Crippen molar-refractivity contribution in [1.29, 1.82) is 0 Å². The van der Waals surface area contributed by atoms with Crippen LogP contribution in [0, 0.1) is 0 Å². The number of methoxy groups -OCH3 is 1. The maximum Gasteiger partial charge on any atom is 0.237 e. The van der Waals surface area contributed by atoms with Crippen LogP contribution in [-0.4, -0.2) is 36.5 Å². The summed E-state index contributed by atoms with van der Waals surface area (Å²) in [4.78, 5) is 4.37. The molecule has 0 bridgehead atoms. The highest BCUT2D eigenvalue weighted by atomic mass is 16.6. The lowest BCUT2D eigenvalue weighted by Crippen LogP contribution is -2.32. The van der Waals surface area contributed by atoms with E-state index in [0.29, 0.717) is 35.4 Å². The Morgan fingerprint density at radius 2 is 2.24 bits per heavy atom. The predicted molar refractivity (Wildman–Crippen MR) is 77.6 cm³/mol. The van der Waals surface area contributed by atoms with Crippen molar-refractivity contribution < 1.29 is 19.3 Å². The lowest BCUT2D eigenvalue weighted by molar-refractivity contribution is 0.0462. The molecule has 1 aromatic carbocycles. The molecule has 3 rings (SSSR count). The molecule has 0 fully saturated rings. The summed E-state index contributed by atoms with van der Waals surface area (Å²) in [6, 6.07) is 9.08. The Labute approximate surface area is 122 Å². The SMILES string of the molecule is COc1nc(-c2cccc3c2OC(CO)CO3)ccc1N. The zero-order chi connectivity index (χ0) is 14.8. The van der Waals surface area contributed by atoms with Crippen molar-refractivity contribution in [2.24, 2.45) is 0 Å². The van der Waals surface area contributed by atoms with Gasteiger partial charge in [-0.05, 0) is 24.3 Å². The zero-order valence-corrected chi connectivity index (χ0v) is 11.6. The van der Waals surface area contributed by atoms with Gasteiger partial charge < -0.3 is 25.1 Å². The minimum atomic E-state index is -0.380. The van der Waals surface area contributed by atoms with Gasteiger partial charge in [0.25, 0.3) is 0 Å². The molecule has 1 aliphatic heterocycles. The normalized spacial score (nSPS) is 16.6. The molecule has 1 aliphatic rings. The van der Waals surface area contributed by atoms with Crippen LogP contribution in [0.1, 0.15) is 0 Å². The zero-order valence-electron chi connectivity index (χ0n) is 11.6. The smallest absolute Gasteiger partial charge is 0.237 e. The largest absolute Gasteiger partial charge is 0.486 e. The van der Waals surface area contributed by atoms with Crippen LogP contribution >= 0.6 is 0 Å². The Kier molecular flexibility index (Phi) is 3.53. The number of aliphatic hydroxyl groups is 1. The van der Waals surface area contributed by atoms with Crippen LogP contribution < -0.4 is 19.9 Å². The monoisotopic (exact) mass is 288 g/mol. The molecule has 2 heterocycles. The van der Waals surface area contributed by atoms with Crippen LogP contribution in [0.2, 0.25) is 0 Å². The molecule has 1 aromatic heterocycles. The fourth-order valence-corrected chi connectivity index (χ4v) is 2.19. The lowest BCUT2D eigenvalue weighted by Gasteiger charge is -2.26. The first kappa shape index (κ1) is 13.5. The van der Waals surface area contributed by atoms with Gasteiger partial charge in [0.15, 0.2) is 17.6 Å². The number of benzene rings is 1. The third kappa shape index (κ3) is 2.45. The van der Waals surface area contributed by atoms with Gasteiger partial charge in [-0.2, -0.15) is 0 Å². The molecule has 1 unspecified atom stereocenters. The number of pyridine rings is 1. The van der Waals surface area contributed by atoms with Gasteiger partial charge in [-0.3, -0.25) is 0 Å². The Morgan fingerprint density at radius 1 is 1.38 bits per heavy atom. The van der Waals surface area contributed by atoms with E-state index in [2.05, 4.69) is 4.98 Å². The first-order valence-electron chi connectivity index (χ1n) is 6.57. The van der Waals surface area contributed by atoms with Gasteiger partial charge >= 0.3 is 0 Å². The molecule has 6 heteroatoms. The minimum Gasteiger partial charge on any atom is -0.486 e. The highest BCUT2D eigenvalue weighted by Crippen LogP contribution is 2.41. The molecule has 0 saturated heterocycles. The number of anilines is 1. The van der Waals surface area contributed by atoms with Crippen LogP contribution in [0.3, 0.4) is 0 Å². The van der Waals surface area contributed by atoms with Crippen molar-refractivity contribution in [1.82, 2.24) is 4.98 Å². The van der Waals surface area contributed by atoms with Crippen LogP contribution in [0.4, 0.5) is 5.69 Å². The van der Waals surface area contributed by atoms with Crippen molar-refractivity contribution >= 4 is 5.69 Å². The van der Waals surface area contributed by atoms with E-state index in [1.807, 2.05) is 18.2 Å². The number of aromatic nitrogens is 1. The highest BCUT2D eigenvalue weighted by Gasteiger charge is 2.24. The standard InChI is InChI=1S/C15H16N2O4/c1-19-15-11(16)5-6-12(17-15)10-3-2-4-13-14(10)21-9(7-18)8-20-13/h2-6,9,18H,7-8,16H2,1H3. The van der Waals surface area contributed by atoms with Gasteiger partial charge in [0.1, 0.15) is 6.61 Å². The molecule has 0 spiro atoms. The highest BCUT2D eigenvalue weighted by molar-refractivity contribution is 5.73. The van der Waals surface area contributed by atoms with Gasteiger partial charge in [-0.1, -0.05) is 6.07 Å². The molecule has 6 nitrogen and oxygen atoms in total. The quantitative estimate of drug-likeness (QED) is 0.889. The number of nitrogen functional groups attached to an aromatic ring is 1. The number of ether oxygens (including phenoxy) is 3. The summed E-state index contributed by atoms with van der Waals surface area (Å²) in [5.74, 6) is 1.57. The Bertz CT molecular complexity index is 660. The summed E-state index contributed by atoms with van der Waals surface area (Å²) in [6.07, 6.45) is -0.380. The van der Waals surface area contributed by atoms with E-state index in [1.54, 1.807) is 12.1 Å². The van der Waals surface area contributed by atoms with E-state index in [-0.39, 0.29) is 12.7 Å². The molecule has 2 aromatic rings.